The predicted octanol–water partition coefficient (Wildman–Crippen LogP) is 0.879. The van der Waals surface area contributed by atoms with Gasteiger partial charge in [-0.3, -0.25) is 5.41 Å². The molecule has 0 aliphatic carbocycles. The second-order valence-electron chi connectivity index (χ2n) is 0.568. The Morgan fingerprint density at radius 2 is 2.00 bits per heavy atom. The van der Waals surface area contributed by atoms with Gasteiger partial charge in [0, 0.05) is 0 Å². The van der Waals surface area contributed by atoms with E-state index in [9.17, 15) is 0 Å². The molecule has 0 heterocycles. The average molecular weight is 106 g/mol. The van der Waals surface area contributed by atoms with Crippen molar-refractivity contribution in [2.24, 2.45) is 5.73 Å². The van der Waals surface area contributed by atoms with Gasteiger partial charge in [-0.1, -0.05) is 19.2 Å². The van der Waals surface area contributed by atoms with Crippen molar-refractivity contribution in [2.45, 2.75) is 7.43 Å². The Balaban J connectivity index is 0. The van der Waals surface area contributed by atoms with Gasteiger partial charge in [0.1, 0.15) is 0 Å². The second kappa shape index (κ2) is 4.82. The zero-order chi connectivity index (χ0) is 4.28. The predicted molar refractivity (Wildman–Crippen MR) is 32.2 cm³/mol. The standard InChI is InChI=1S/C2H6N2S.CH4/c1-5-2(3)4;/h1H3,(H3,3,4);1H4. The lowest BCUT2D eigenvalue weighted by Crippen LogP contribution is -2.01. The van der Waals surface area contributed by atoms with Crippen molar-refractivity contribution in [2.75, 3.05) is 6.26 Å². The Bertz CT molecular complexity index is 44.1. The molecule has 0 saturated heterocycles. The summed E-state index contributed by atoms with van der Waals surface area (Å²) in [4.78, 5) is 0. The highest BCUT2D eigenvalue weighted by molar-refractivity contribution is 8.13. The van der Waals surface area contributed by atoms with Crippen LogP contribution in [0.4, 0.5) is 0 Å². The summed E-state index contributed by atoms with van der Waals surface area (Å²) in [6, 6.07) is 0. The van der Waals surface area contributed by atoms with Crippen LogP contribution >= 0.6 is 11.8 Å². The third-order valence-electron chi connectivity index (χ3n) is 0.220. The molecule has 38 valence electrons. The molecule has 0 aliphatic heterocycles. The molecule has 3 N–H and O–H groups in total. The molecule has 6 heavy (non-hydrogen) atoms. The van der Waals surface area contributed by atoms with Crippen LogP contribution in [0.15, 0.2) is 0 Å². The minimum absolute atomic E-state index is 0. The van der Waals surface area contributed by atoms with Crippen molar-refractivity contribution in [3.63, 3.8) is 0 Å². The van der Waals surface area contributed by atoms with E-state index in [1.807, 2.05) is 0 Å². The molecule has 3 heteroatoms. The van der Waals surface area contributed by atoms with Crippen molar-refractivity contribution in [1.29, 1.82) is 5.41 Å². The number of nitrogens with one attached hydrogen (secondary N) is 1. The maximum absolute atomic E-state index is 6.48. The minimum Gasteiger partial charge on any atom is -0.379 e. The van der Waals surface area contributed by atoms with E-state index in [1.165, 1.54) is 11.8 Å². The molecule has 0 aliphatic rings. The summed E-state index contributed by atoms with van der Waals surface area (Å²) in [5, 5.41) is 6.66. The molecule has 0 radical (unpaired) electrons. The zero-order valence-corrected chi connectivity index (χ0v) is 3.80. The fourth-order valence-electron chi connectivity index (χ4n) is 0. The monoisotopic (exact) mass is 106 g/mol. The van der Waals surface area contributed by atoms with Gasteiger partial charge in [-0.25, -0.2) is 0 Å². The highest BCUT2D eigenvalue weighted by atomic mass is 32.2. The van der Waals surface area contributed by atoms with Crippen LogP contribution in [0.2, 0.25) is 0 Å². The Labute approximate surface area is 42.6 Å². The van der Waals surface area contributed by atoms with Crippen LogP contribution in [0.25, 0.3) is 0 Å². The lowest BCUT2D eigenvalue weighted by Gasteiger charge is -1.78. The van der Waals surface area contributed by atoms with E-state index in [0.29, 0.717) is 0 Å². The van der Waals surface area contributed by atoms with E-state index in [2.05, 4.69) is 0 Å². The molecule has 0 fully saturated rings. The van der Waals surface area contributed by atoms with Gasteiger partial charge in [0.2, 0.25) is 0 Å². The minimum atomic E-state index is 0. The maximum Gasteiger partial charge on any atom is 0.150 e. The summed E-state index contributed by atoms with van der Waals surface area (Å²) in [5.41, 5.74) is 4.84. The topological polar surface area (TPSA) is 49.9 Å². The SMILES string of the molecule is C.CSC(=N)N. The van der Waals surface area contributed by atoms with Gasteiger partial charge in [-0.2, -0.15) is 0 Å². The van der Waals surface area contributed by atoms with Crippen molar-refractivity contribution < 1.29 is 0 Å². The third kappa shape index (κ3) is 9.17. The first kappa shape index (κ1) is 9.27. The first-order chi connectivity index (χ1) is 2.27. The molecule has 0 rings (SSSR count). The van der Waals surface area contributed by atoms with Crippen molar-refractivity contribution in [3.05, 3.63) is 0 Å². The van der Waals surface area contributed by atoms with Gasteiger partial charge >= 0.3 is 0 Å². The van der Waals surface area contributed by atoms with Crippen LogP contribution in [0, 0.1) is 5.41 Å². The number of thioether (sulfide) groups is 1. The fraction of sp³-hybridized carbons (Fsp3) is 0.667. The largest absolute Gasteiger partial charge is 0.379 e. The molecule has 0 spiro atoms. The molecular weight excluding hydrogens is 96.1 g/mol. The fourth-order valence-corrected chi connectivity index (χ4v) is 0. The highest BCUT2D eigenvalue weighted by Crippen LogP contribution is 1.83. The Morgan fingerprint density at radius 3 is 2.00 bits per heavy atom. The molecule has 0 aromatic heterocycles. The van der Waals surface area contributed by atoms with E-state index < -0.39 is 0 Å². The second-order valence-corrected chi connectivity index (χ2v) is 1.42. The van der Waals surface area contributed by atoms with Gasteiger partial charge < -0.3 is 5.73 Å². The highest BCUT2D eigenvalue weighted by Gasteiger charge is 1.71. The number of rotatable bonds is 0. The van der Waals surface area contributed by atoms with Gasteiger partial charge in [0.05, 0.1) is 0 Å². The van der Waals surface area contributed by atoms with Crippen molar-refractivity contribution in [1.82, 2.24) is 0 Å². The van der Waals surface area contributed by atoms with E-state index >= 15 is 0 Å². The lowest BCUT2D eigenvalue weighted by molar-refractivity contribution is 1.51. The molecule has 0 unspecified atom stereocenters. The van der Waals surface area contributed by atoms with Crippen molar-refractivity contribution in [3.8, 4) is 0 Å². The molecule has 0 atom stereocenters. The van der Waals surface area contributed by atoms with E-state index in [4.69, 9.17) is 11.1 Å². The Morgan fingerprint density at radius 1 is 1.83 bits per heavy atom. The maximum atomic E-state index is 6.48. The molecule has 2 nitrogen and oxygen atoms in total. The number of nitrogens with two attached hydrogens (primary N) is 1. The Kier molecular flexibility index (Phi) is 7.44. The smallest absolute Gasteiger partial charge is 0.150 e. The van der Waals surface area contributed by atoms with Crippen LogP contribution in [0.5, 0.6) is 0 Å². The lowest BCUT2D eigenvalue weighted by atomic mass is 11.4. The summed E-state index contributed by atoms with van der Waals surface area (Å²) in [5.74, 6) is 0. The van der Waals surface area contributed by atoms with Gasteiger partial charge in [-0.05, 0) is 6.26 Å². The summed E-state index contributed by atoms with van der Waals surface area (Å²) >= 11 is 1.24. The van der Waals surface area contributed by atoms with Crippen molar-refractivity contribution >= 4 is 16.9 Å². The van der Waals surface area contributed by atoms with E-state index in [-0.39, 0.29) is 12.6 Å². The van der Waals surface area contributed by atoms with Crippen LogP contribution < -0.4 is 5.73 Å². The van der Waals surface area contributed by atoms with Crippen LogP contribution in [0.1, 0.15) is 7.43 Å². The molecule has 0 amide bonds. The number of amidine groups is 1. The third-order valence-corrected chi connectivity index (χ3v) is 0.660. The summed E-state index contributed by atoms with van der Waals surface area (Å²) in [7, 11) is 0. The van der Waals surface area contributed by atoms with Crippen LogP contribution in [-0.2, 0) is 0 Å². The summed E-state index contributed by atoms with van der Waals surface area (Å²) in [6.07, 6.45) is 1.77. The number of hydrogen-bond acceptors (Lipinski definition) is 2. The molecule has 0 saturated carbocycles. The summed E-state index contributed by atoms with van der Waals surface area (Å²) in [6.45, 7) is 0. The van der Waals surface area contributed by atoms with E-state index in [0.717, 1.165) is 0 Å². The molecule has 0 aromatic carbocycles. The molecule has 0 bridgehead atoms. The molecule has 0 aromatic rings. The van der Waals surface area contributed by atoms with Gasteiger partial charge in [0.15, 0.2) is 5.17 Å². The van der Waals surface area contributed by atoms with Crippen LogP contribution in [-0.4, -0.2) is 11.4 Å². The van der Waals surface area contributed by atoms with Gasteiger partial charge in [0.25, 0.3) is 0 Å². The Hall–Kier alpha value is -0.180. The zero-order valence-electron chi connectivity index (χ0n) is 2.99. The quantitative estimate of drug-likeness (QED) is 0.356. The summed E-state index contributed by atoms with van der Waals surface area (Å²) < 4.78 is 0. The number of hydrogen-bond donors (Lipinski definition) is 2. The van der Waals surface area contributed by atoms with Gasteiger partial charge in [-0.15, -0.1) is 0 Å². The molecular formula is C3H10N2S. The first-order valence-electron chi connectivity index (χ1n) is 1.15. The average Bonchev–Trinajstić information content (AvgIpc) is 1.38. The van der Waals surface area contributed by atoms with Crippen LogP contribution in [0.3, 0.4) is 0 Å². The first-order valence-corrected chi connectivity index (χ1v) is 2.38. The van der Waals surface area contributed by atoms with E-state index in [1.54, 1.807) is 6.26 Å². The normalized spacial score (nSPS) is 6.17.